The lowest BCUT2D eigenvalue weighted by Gasteiger charge is -2.68. The number of para-hydroxylation sites is 1. The number of nitrogens with one attached hydrogen (secondary N) is 1. The molecule has 0 radical (unpaired) electrons. The van der Waals surface area contributed by atoms with Gasteiger partial charge in [0.15, 0.2) is 0 Å². The van der Waals surface area contributed by atoms with E-state index in [-0.39, 0.29) is 18.3 Å². The second-order valence-electron chi connectivity index (χ2n) is 16.6. The summed E-state index contributed by atoms with van der Waals surface area (Å²) in [7, 11) is 3.09. The molecule has 2 aromatic carbocycles. The van der Waals surface area contributed by atoms with Crippen molar-refractivity contribution in [3.63, 3.8) is 0 Å². The predicted octanol–water partition coefficient (Wildman–Crippen LogP) is 5.94. The smallest absolute Gasteiger partial charge is 0.410 e. The molecule has 6 rings (SSSR count). The van der Waals surface area contributed by atoms with Gasteiger partial charge in [-0.05, 0) is 54.5 Å². The summed E-state index contributed by atoms with van der Waals surface area (Å²) in [5.74, 6) is -2.45. The molecular weight excluding hydrogens is 648 g/mol. The van der Waals surface area contributed by atoms with E-state index < -0.39 is 76.0 Å². The molecule has 276 valence electrons. The van der Waals surface area contributed by atoms with E-state index in [0.717, 1.165) is 0 Å². The number of anilines is 1. The zero-order valence-electron chi connectivity index (χ0n) is 31.3. The highest BCUT2D eigenvalue weighted by atomic mass is 16.6. The molecule has 0 aromatic heterocycles. The van der Waals surface area contributed by atoms with Crippen LogP contribution in [0.4, 0.5) is 10.5 Å². The van der Waals surface area contributed by atoms with Crippen LogP contribution in [0.25, 0.3) is 0 Å². The molecule has 4 aliphatic rings. The third kappa shape index (κ3) is 5.69. The second-order valence-corrected chi connectivity index (χ2v) is 16.6. The van der Waals surface area contributed by atoms with Gasteiger partial charge in [-0.1, -0.05) is 83.1 Å². The quantitative estimate of drug-likeness (QED) is 0.237. The minimum atomic E-state index is -1.45. The van der Waals surface area contributed by atoms with Crippen molar-refractivity contribution in [2.24, 2.45) is 34.0 Å². The van der Waals surface area contributed by atoms with Crippen molar-refractivity contribution in [3.8, 4) is 0 Å². The molecular formula is C41H54N2O8. The lowest BCUT2D eigenvalue weighted by molar-refractivity contribution is -0.301. The number of carbonyl (C=O) groups is 3. The van der Waals surface area contributed by atoms with Gasteiger partial charge in [-0.25, -0.2) is 9.59 Å². The van der Waals surface area contributed by atoms with E-state index in [0.29, 0.717) is 35.4 Å². The van der Waals surface area contributed by atoms with Gasteiger partial charge < -0.3 is 34.6 Å². The van der Waals surface area contributed by atoms with Crippen molar-refractivity contribution in [1.82, 2.24) is 4.90 Å². The lowest BCUT2D eigenvalue weighted by atomic mass is 9.40. The fourth-order valence-corrected chi connectivity index (χ4v) is 10.5. The molecule has 1 heterocycles. The average Bonchev–Trinajstić information content (AvgIpc) is 3.09. The molecule has 2 saturated carbocycles. The number of ether oxygens (including phenoxy) is 3. The summed E-state index contributed by atoms with van der Waals surface area (Å²) in [5.41, 5.74) is -1.09. The van der Waals surface area contributed by atoms with E-state index in [2.05, 4.69) is 12.2 Å². The number of benzene rings is 2. The van der Waals surface area contributed by atoms with Crippen LogP contribution in [-0.4, -0.2) is 83.7 Å². The molecule has 1 amide bonds. The molecule has 10 heteroatoms. The Morgan fingerprint density at radius 2 is 1.61 bits per heavy atom. The van der Waals surface area contributed by atoms with E-state index in [1.54, 1.807) is 14.1 Å². The summed E-state index contributed by atoms with van der Waals surface area (Å²) in [4.78, 5) is 43.8. The molecule has 10 nitrogen and oxygen atoms in total. The van der Waals surface area contributed by atoms with Crippen molar-refractivity contribution in [1.29, 1.82) is 0 Å². The van der Waals surface area contributed by atoms with Crippen LogP contribution in [0.1, 0.15) is 72.9 Å². The van der Waals surface area contributed by atoms with Crippen LogP contribution in [0.3, 0.4) is 0 Å². The maximum Gasteiger partial charge on any atom is 0.410 e. The van der Waals surface area contributed by atoms with E-state index in [1.807, 2.05) is 102 Å². The summed E-state index contributed by atoms with van der Waals surface area (Å²) in [6.45, 7) is 14.0. The molecule has 2 bridgehead atoms. The Bertz CT molecular complexity index is 1690. The van der Waals surface area contributed by atoms with Gasteiger partial charge in [0.2, 0.25) is 6.10 Å². The van der Waals surface area contributed by atoms with Crippen LogP contribution in [-0.2, 0) is 23.8 Å². The summed E-state index contributed by atoms with van der Waals surface area (Å²) in [6, 6.07) is 17.8. The van der Waals surface area contributed by atoms with Crippen molar-refractivity contribution in [2.45, 2.75) is 97.4 Å². The first-order valence-corrected chi connectivity index (χ1v) is 18.1. The van der Waals surface area contributed by atoms with Gasteiger partial charge in [0.05, 0.1) is 35.9 Å². The molecule has 1 saturated heterocycles. The monoisotopic (exact) mass is 702 g/mol. The predicted molar refractivity (Wildman–Crippen MR) is 193 cm³/mol. The fraction of sp³-hybridized carbons (Fsp3) is 0.585. The van der Waals surface area contributed by atoms with E-state index in [4.69, 9.17) is 14.2 Å². The number of carbonyl (C=O) groups excluding carboxylic acids is 3. The van der Waals surface area contributed by atoms with Gasteiger partial charge in [-0.2, -0.15) is 0 Å². The summed E-state index contributed by atoms with van der Waals surface area (Å²) < 4.78 is 18.3. The molecule has 3 N–H and O–H groups in total. The van der Waals surface area contributed by atoms with Crippen molar-refractivity contribution < 1.29 is 38.8 Å². The first-order chi connectivity index (χ1) is 23.9. The largest absolute Gasteiger partial charge is 0.455 e. The Kier molecular flexibility index (Phi) is 9.47. The van der Waals surface area contributed by atoms with Crippen molar-refractivity contribution in [3.05, 3.63) is 77.4 Å². The number of fused-ring (bicyclic) bond motifs is 5. The van der Waals surface area contributed by atoms with Gasteiger partial charge in [0, 0.05) is 49.4 Å². The Balaban J connectivity index is 1.44. The number of aliphatic hydroxyl groups is 2. The number of ketones is 1. The third-order valence-electron chi connectivity index (χ3n) is 13.2. The fourth-order valence-electron chi connectivity index (χ4n) is 10.5. The van der Waals surface area contributed by atoms with E-state index in [9.17, 15) is 24.6 Å². The Hall–Kier alpha value is -3.73. The van der Waals surface area contributed by atoms with Gasteiger partial charge in [0.1, 0.15) is 11.9 Å². The first kappa shape index (κ1) is 37.0. The van der Waals surface area contributed by atoms with Gasteiger partial charge >= 0.3 is 12.1 Å². The van der Waals surface area contributed by atoms with Crippen LogP contribution in [0.15, 0.2) is 71.8 Å². The SMILES string of the molecule is CC1=C2[C@@H](C)C(=O)[C@@]3(C)[C@H]([C@H](C)[C@](O)(C[C@@H]1OC(=O)[C@H](OC(=O)N(C)C)[C@@H](Nc1ccccc1)c1ccccc1)C2(C)C)[C@]1(C)CO[C@@H]1C[C@@H]3O. The number of Topliss-reactive ketones (excluding diaryl/α,β-unsaturated/α-hetero) is 1. The zero-order valence-corrected chi connectivity index (χ0v) is 31.3. The molecule has 51 heavy (non-hydrogen) atoms. The highest BCUT2D eigenvalue weighted by Crippen LogP contribution is 2.67. The molecule has 1 aliphatic heterocycles. The van der Waals surface area contributed by atoms with E-state index >= 15 is 0 Å². The molecule has 0 unspecified atom stereocenters. The number of rotatable bonds is 7. The van der Waals surface area contributed by atoms with Crippen molar-refractivity contribution >= 4 is 23.5 Å². The van der Waals surface area contributed by atoms with Gasteiger partial charge in [-0.3, -0.25) is 4.79 Å². The second kappa shape index (κ2) is 13.0. The maximum atomic E-state index is 14.8. The Morgan fingerprint density at radius 3 is 2.18 bits per heavy atom. The topological polar surface area (TPSA) is 135 Å². The summed E-state index contributed by atoms with van der Waals surface area (Å²) >= 11 is 0. The minimum absolute atomic E-state index is 0.0594. The zero-order chi connectivity index (χ0) is 37.3. The molecule has 3 fully saturated rings. The third-order valence-corrected chi connectivity index (χ3v) is 13.2. The van der Waals surface area contributed by atoms with Crippen molar-refractivity contribution in [2.75, 3.05) is 26.0 Å². The number of hydrogen-bond donors (Lipinski definition) is 3. The van der Waals surface area contributed by atoms with Crippen LogP contribution in [0.5, 0.6) is 0 Å². The standard InChI is InChI=1S/C41H54N2O8/c1-23-28(50-36(46)33(51-37(47)43(8)9)32(26-16-12-10-13-17-26)42-27-18-14-11-15-19-27)21-41(48)25(3)34-39(6)22-49-30(39)20-29(44)40(34,7)35(45)24(2)31(23)38(41,4)5/h10-19,24-25,28-30,32-34,42,44,48H,20-22H2,1-9H3/t24-,25+,28+,29+,30-,32+,33-,34-,39-,40-,41-/m1/s1. The number of nitrogens with zero attached hydrogens (tertiary/aromatic N) is 1. The minimum Gasteiger partial charge on any atom is -0.455 e. The van der Waals surface area contributed by atoms with Gasteiger partial charge in [-0.15, -0.1) is 0 Å². The number of aliphatic hydroxyl groups excluding tert-OH is 1. The maximum absolute atomic E-state index is 14.8. The lowest BCUT2D eigenvalue weighted by Crippen LogP contribution is -2.74. The van der Waals surface area contributed by atoms with Crippen LogP contribution in [0, 0.1) is 34.0 Å². The number of hydrogen-bond acceptors (Lipinski definition) is 9. The first-order valence-electron chi connectivity index (χ1n) is 18.1. The number of amides is 1. The van der Waals surface area contributed by atoms with Crippen LogP contribution in [0.2, 0.25) is 0 Å². The Labute approximate surface area is 301 Å². The molecule has 11 atom stereocenters. The Morgan fingerprint density at radius 1 is 1.00 bits per heavy atom. The average molecular weight is 703 g/mol. The highest BCUT2D eigenvalue weighted by molar-refractivity contribution is 5.91. The molecule has 0 spiro atoms. The van der Waals surface area contributed by atoms with Crippen LogP contribution >= 0.6 is 0 Å². The highest BCUT2D eigenvalue weighted by Gasteiger charge is 2.72. The molecule has 2 aromatic rings. The summed E-state index contributed by atoms with van der Waals surface area (Å²) in [5, 5.41) is 28.2. The van der Waals surface area contributed by atoms with Gasteiger partial charge in [0.25, 0.3) is 0 Å². The molecule has 3 aliphatic carbocycles. The van der Waals surface area contributed by atoms with E-state index in [1.165, 1.54) is 4.90 Å². The number of esters is 1. The summed E-state index contributed by atoms with van der Waals surface area (Å²) in [6.07, 6.45) is -3.80. The normalized spacial score (nSPS) is 36.6. The van der Waals surface area contributed by atoms with Crippen LogP contribution < -0.4 is 5.32 Å².